The SMILES string of the molecule is C[C@@H]1CN(C(=O)c2cc(S(=O)(=O)N3CCCCC3)cs2)C[C@H](C)O1. The number of amides is 1. The molecule has 0 spiro atoms. The molecule has 0 saturated carbocycles. The molecule has 134 valence electrons. The fraction of sp³-hybridized carbons (Fsp3) is 0.688. The average molecular weight is 373 g/mol. The molecule has 0 aromatic carbocycles. The van der Waals surface area contributed by atoms with Gasteiger partial charge in [-0.3, -0.25) is 4.79 Å². The van der Waals surface area contributed by atoms with Crippen LogP contribution in [0.15, 0.2) is 16.3 Å². The maximum absolute atomic E-state index is 12.7. The van der Waals surface area contributed by atoms with Crippen molar-refractivity contribution in [2.24, 2.45) is 0 Å². The van der Waals surface area contributed by atoms with E-state index in [-0.39, 0.29) is 23.0 Å². The average Bonchev–Trinajstić information content (AvgIpc) is 3.05. The Bertz CT molecular complexity index is 685. The molecule has 1 amide bonds. The van der Waals surface area contributed by atoms with E-state index in [0.29, 0.717) is 31.1 Å². The zero-order valence-electron chi connectivity index (χ0n) is 14.1. The third-order valence-corrected chi connectivity index (χ3v) is 7.39. The van der Waals surface area contributed by atoms with Gasteiger partial charge in [0.1, 0.15) is 0 Å². The minimum atomic E-state index is -3.48. The van der Waals surface area contributed by atoms with Gasteiger partial charge in [-0.1, -0.05) is 6.42 Å². The van der Waals surface area contributed by atoms with Crippen LogP contribution in [0.3, 0.4) is 0 Å². The van der Waals surface area contributed by atoms with Gasteiger partial charge in [-0.05, 0) is 32.8 Å². The summed E-state index contributed by atoms with van der Waals surface area (Å²) < 4.78 is 32.6. The summed E-state index contributed by atoms with van der Waals surface area (Å²) in [5.74, 6) is -0.109. The molecule has 8 heteroatoms. The lowest BCUT2D eigenvalue weighted by Crippen LogP contribution is -2.48. The molecule has 3 rings (SSSR count). The smallest absolute Gasteiger partial charge is 0.264 e. The molecular formula is C16H24N2O4S2. The molecule has 0 radical (unpaired) electrons. The van der Waals surface area contributed by atoms with Crippen molar-refractivity contribution in [3.8, 4) is 0 Å². The first kappa shape index (κ1) is 17.8. The van der Waals surface area contributed by atoms with Crippen LogP contribution < -0.4 is 0 Å². The Labute approximate surface area is 147 Å². The predicted octanol–water partition coefficient (Wildman–Crippen LogP) is 2.17. The van der Waals surface area contributed by atoms with Gasteiger partial charge in [0.25, 0.3) is 5.91 Å². The largest absolute Gasteiger partial charge is 0.372 e. The van der Waals surface area contributed by atoms with Crippen molar-refractivity contribution in [1.82, 2.24) is 9.21 Å². The summed E-state index contributed by atoms with van der Waals surface area (Å²) >= 11 is 1.21. The molecule has 2 atom stereocenters. The van der Waals surface area contributed by atoms with E-state index in [2.05, 4.69) is 0 Å². The monoisotopic (exact) mass is 372 g/mol. The van der Waals surface area contributed by atoms with Crippen LogP contribution in [0, 0.1) is 0 Å². The number of rotatable bonds is 3. The standard InChI is InChI=1S/C16H24N2O4S2/c1-12-9-17(10-13(2)22-12)16(19)15-8-14(11-23-15)24(20,21)18-6-4-3-5-7-18/h8,11-13H,3-7,9-10H2,1-2H3/t12-,13+. The number of thiophene rings is 1. The molecule has 0 unspecified atom stereocenters. The summed E-state index contributed by atoms with van der Waals surface area (Å²) in [6, 6.07) is 1.53. The van der Waals surface area contributed by atoms with E-state index in [1.807, 2.05) is 13.8 Å². The molecule has 2 aliphatic rings. The molecule has 3 heterocycles. The van der Waals surface area contributed by atoms with Crippen LogP contribution in [-0.4, -0.2) is 61.9 Å². The Kier molecular flexibility index (Phi) is 5.29. The summed E-state index contributed by atoms with van der Waals surface area (Å²) in [7, 11) is -3.48. The summed E-state index contributed by atoms with van der Waals surface area (Å²) in [6.07, 6.45) is 2.87. The molecule has 24 heavy (non-hydrogen) atoms. The molecule has 1 aromatic rings. The van der Waals surface area contributed by atoms with Crippen LogP contribution >= 0.6 is 11.3 Å². The molecule has 2 saturated heterocycles. The van der Waals surface area contributed by atoms with E-state index in [1.54, 1.807) is 10.3 Å². The Morgan fingerprint density at radius 1 is 1.17 bits per heavy atom. The predicted molar refractivity (Wildman–Crippen MR) is 92.8 cm³/mol. The second-order valence-corrected chi connectivity index (χ2v) is 9.43. The molecule has 0 bridgehead atoms. The maximum atomic E-state index is 12.7. The highest BCUT2D eigenvalue weighted by Crippen LogP contribution is 2.26. The van der Waals surface area contributed by atoms with E-state index in [9.17, 15) is 13.2 Å². The van der Waals surface area contributed by atoms with E-state index in [0.717, 1.165) is 19.3 Å². The van der Waals surface area contributed by atoms with Gasteiger partial charge in [0, 0.05) is 31.6 Å². The summed E-state index contributed by atoms with van der Waals surface area (Å²) in [5, 5.41) is 1.59. The van der Waals surface area contributed by atoms with E-state index >= 15 is 0 Å². The maximum Gasteiger partial charge on any atom is 0.264 e. The van der Waals surface area contributed by atoms with Gasteiger partial charge in [0.15, 0.2) is 0 Å². The minimum Gasteiger partial charge on any atom is -0.372 e. The zero-order valence-corrected chi connectivity index (χ0v) is 15.7. The third-order valence-electron chi connectivity index (χ3n) is 4.45. The first-order valence-corrected chi connectivity index (χ1v) is 10.7. The lowest BCUT2D eigenvalue weighted by Gasteiger charge is -2.35. The molecule has 1 aromatic heterocycles. The highest BCUT2D eigenvalue weighted by Gasteiger charge is 2.30. The molecule has 0 N–H and O–H groups in total. The highest BCUT2D eigenvalue weighted by molar-refractivity contribution is 7.89. The number of morpholine rings is 1. The number of nitrogens with zero attached hydrogens (tertiary/aromatic N) is 2. The van der Waals surface area contributed by atoms with Gasteiger partial charge >= 0.3 is 0 Å². The number of carbonyl (C=O) groups is 1. The molecule has 6 nitrogen and oxygen atoms in total. The van der Waals surface area contributed by atoms with Crippen molar-refractivity contribution >= 4 is 27.3 Å². The fourth-order valence-corrected chi connectivity index (χ4v) is 6.07. The zero-order chi connectivity index (χ0) is 17.3. The molecular weight excluding hydrogens is 348 g/mol. The lowest BCUT2D eigenvalue weighted by atomic mass is 10.2. The van der Waals surface area contributed by atoms with Gasteiger partial charge < -0.3 is 9.64 Å². The first-order chi connectivity index (χ1) is 11.4. The van der Waals surface area contributed by atoms with E-state index in [4.69, 9.17) is 4.74 Å². The van der Waals surface area contributed by atoms with Gasteiger partial charge in [-0.25, -0.2) is 8.42 Å². The van der Waals surface area contributed by atoms with Crippen molar-refractivity contribution < 1.29 is 17.9 Å². The highest BCUT2D eigenvalue weighted by atomic mass is 32.2. The number of sulfonamides is 1. The van der Waals surface area contributed by atoms with E-state index in [1.165, 1.54) is 21.7 Å². The van der Waals surface area contributed by atoms with Crippen molar-refractivity contribution in [2.45, 2.75) is 50.2 Å². The Morgan fingerprint density at radius 2 is 1.79 bits per heavy atom. The van der Waals surface area contributed by atoms with Crippen molar-refractivity contribution in [3.63, 3.8) is 0 Å². The normalized spacial score (nSPS) is 26.5. The lowest BCUT2D eigenvalue weighted by molar-refractivity contribution is -0.0585. The number of hydrogen-bond acceptors (Lipinski definition) is 5. The van der Waals surface area contributed by atoms with Crippen LogP contribution in [-0.2, 0) is 14.8 Å². The molecule has 2 fully saturated rings. The Hall–Kier alpha value is -0.960. The summed E-state index contributed by atoms with van der Waals surface area (Å²) in [5.41, 5.74) is 0. The number of carbonyl (C=O) groups excluding carboxylic acids is 1. The van der Waals surface area contributed by atoms with Crippen molar-refractivity contribution in [2.75, 3.05) is 26.2 Å². The Balaban J connectivity index is 1.76. The minimum absolute atomic E-state index is 0.00536. The van der Waals surface area contributed by atoms with Crippen LogP contribution in [0.1, 0.15) is 42.8 Å². The van der Waals surface area contributed by atoms with Crippen LogP contribution in [0.5, 0.6) is 0 Å². The number of hydrogen-bond donors (Lipinski definition) is 0. The molecule has 2 aliphatic heterocycles. The second kappa shape index (κ2) is 7.11. The van der Waals surface area contributed by atoms with Gasteiger partial charge in [-0.15, -0.1) is 11.3 Å². The summed E-state index contributed by atoms with van der Waals surface area (Å²) in [4.78, 5) is 15.2. The van der Waals surface area contributed by atoms with Gasteiger partial charge in [0.05, 0.1) is 22.0 Å². The van der Waals surface area contributed by atoms with Crippen LogP contribution in [0.2, 0.25) is 0 Å². The Morgan fingerprint density at radius 3 is 2.42 bits per heavy atom. The number of ether oxygens (including phenoxy) is 1. The van der Waals surface area contributed by atoms with Crippen molar-refractivity contribution in [3.05, 3.63) is 16.3 Å². The summed E-state index contributed by atoms with van der Waals surface area (Å²) in [6.45, 7) is 6.09. The quantitative estimate of drug-likeness (QED) is 0.816. The van der Waals surface area contributed by atoms with Gasteiger partial charge in [0.2, 0.25) is 10.0 Å². The fourth-order valence-electron chi connectivity index (χ4n) is 3.32. The van der Waals surface area contributed by atoms with Crippen molar-refractivity contribution in [1.29, 1.82) is 0 Å². The van der Waals surface area contributed by atoms with Gasteiger partial charge in [-0.2, -0.15) is 4.31 Å². The first-order valence-electron chi connectivity index (χ1n) is 8.41. The van der Waals surface area contributed by atoms with Crippen LogP contribution in [0.25, 0.3) is 0 Å². The topological polar surface area (TPSA) is 66.9 Å². The third kappa shape index (κ3) is 3.66. The van der Waals surface area contributed by atoms with Crippen LogP contribution in [0.4, 0.5) is 0 Å². The number of piperidine rings is 1. The molecule has 0 aliphatic carbocycles. The second-order valence-electron chi connectivity index (χ2n) is 6.58. The van der Waals surface area contributed by atoms with E-state index < -0.39 is 10.0 Å².